The zero-order valence-corrected chi connectivity index (χ0v) is 34.3. The summed E-state index contributed by atoms with van der Waals surface area (Å²) in [5.41, 5.74) is 26.0. The van der Waals surface area contributed by atoms with Crippen LogP contribution in [0, 0.1) is 0 Å². The summed E-state index contributed by atoms with van der Waals surface area (Å²) in [4.78, 5) is 0. The summed E-state index contributed by atoms with van der Waals surface area (Å²) in [6, 6.07) is 40.6. The summed E-state index contributed by atoms with van der Waals surface area (Å²) in [6.45, 7) is 4.75. The Balaban J connectivity index is 1.28. The smallest absolute Gasteiger partial charge is 0.139 e. The number of rotatable bonds is 3. The van der Waals surface area contributed by atoms with E-state index >= 15 is 0 Å². The van der Waals surface area contributed by atoms with E-state index in [-0.39, 0.29) is 5.41 Å². The Hall–Kier alpha value is -5.40. The van der Waals surface area contributed by atoms with Crippen LogP contribution in [0.25, 0.3) is 88.0 Å². The van der Waals surface area contributed by atoms with Gasteiger partial charge < -0.3 is 4.42 Å². The lowest BCUT2D eigenvalue weighted by Crippen LogP contribution is -2.50. The molecule has 0 N–H and O–H groups in total. The molecule has 0 saturated carbocycles. The molecule has 0 unspecified atom stereocenters. The number of benzene rings is 8. The molecule has 0 amide bonds. The molecule has 0 fully saturated rings. The van der Waals surface area contributed by atoms with Gasteiger partial charge in [0.2, 0.25) is 0 Å². The van der Waals surface area contributed by atoms with Gasteiger partial charge in [-0.1, -0.05) is 121 Å². The zero-order chi connectivity index (χ0) is 38.9. The molecule has 10 rings (SSSR count). The highest BCUT2D eigenvalue weighted by Crippen LogP contribution is 2.50. The van der Waals surface area contributed by atoms with Gasteiger partial charge in [0.15, 0.2) is 0 Å². The maximum Gasteiger partial charge on any atom is 0.139 e. The van der Waals surface area contributed by atoms with Crippen molar-refractivity contribution < 1.29 is 4.42 Å². The fourth-order valence-electron chi connectivity index (χ4n) is 10.3. The third-order valence-electron chi connectivity index (χ3n) is 14.1. The van der Waals surface area contributed by atoms with Gasteiger partial charge in [-0.3, -0.25) is 0 Å². The SMILES string of the molecule is Bc1c(B)c(B)c2c(-c3ccc4c(c3)-c3ccccc3C4(C)C)c3c(B)c(B)c(B)c(B)c3c(-c3ccc(-c4ccc5oc6ccccc6c5c4)cc3)c2c1B. The number of hydrogen-bond donors (Lipinski definition) is 0. The first-order valence-electron chi connectivity index (χ1n) is 20.1. The predicted molar refractivity (Wildman–Crippen MR) is 268 cm³/mol. The van der Waals surface area contributed by atoms with Gasteiger partial charge in [-0.2, -0.15) is 0 Å². The minimum absolute atomic E-state index is 0.0386. The number of furan rings is 1. The second kappa shape index (κ2) is 12.3. The Labute approximate surface area is 336 Å². The van der Waals surface area contributed by atoms with Crippen LogP contribution in [0.3, 0.4) is 0 Å². The van der Waals surface area contributed by atoms with Crippen molar-refractivity contribution in [2.75, 3.05) is 0 Å². The highest BCUT2D eigenvalue weighted by atomic mass is 16.3. The van der Waals surface area contributed by atoms with Gasteiger partial charge in [-0.25, -0.2) is 0 Å². The summed E-state index contributed by atoms with van der Waals surface area (Å²) in [5, 5.41) is 7.82. The molecule has 1 heterocycles. The monoisotopic (exact) mass is 708 g/mol. The lowest BCUT2D eigenvalue weighted by Gasteiger charge is -2.28. The Kier molecular flexibility index (Phi) is 7.70. The van der Waals surface area contributed by atoms with Crippen LogP contribution < -0.4 is 43.7 Å². The topological polar surface area (TPSA) is 13.1 Å². The molecule has 1 aliphatic rings. The van der Waals surface area contributed by atoms with Crippen molar-refractivity contribution in [3.8, 4) is 44.5 Å². The zero-order valence-electron chi connectivity index (χ0n) is 34.3. The molecule has 8 aromatic carbocycles. The summed E-state index contributed by atoms with van der Waals surface area (Å²) >= 11 is 0. The lowest BCUT2D eigenvalue weighted by atomic mass is 9.59. The van der Waals surface area contributed by atoms with E-state index in [9.17, 15) is 0 Å². The van der Waals surface area contributed by atoms with Gasteiger partial charge in [-0.15, -0.1) is 21.9 Å². The molecule has 1 nitrogen and oxygen atoms in total. The van der Waals surface area contributed by atoms with E-state index in [4.69, 9.17) is 4.42 Å². The van der Waals surface area contributed by atoms with Crippen molar-refractivity contribution in [3.63, 3.8) is 0 Å². The molecule has 258 valence electrons. The van der Waals surface area contributed by atoms with Gasteiger partial charge in [0.1, 0.15) is 73.9 Å². The van der Waals surface area contributed by atoms with Gasteiger partial charge in [0.05, 0.1) is 0 Å². The first kappa shape index (κ1) is 35.0. The standard InChI is InChI=1S/C47H40B8O/c1-47(2)29-9-5-3-7-25(29)27-20-24(15-17-30(27)47)34-37-35(39(48)43(52)45(54)41(37)50)33(36-38(34)42(51)46(55)44(53)40(36)49)22-13-11-21(12-14-22)23-16-18-32-28(19-23)26-8-4-6-10-31(26)56-32/h3-20H,48-55H2,1-2H3. The summed E-state index contributed by atoms with van der Waals surface area (Å²) in [7, 11) is 18.7. The van der Waals surface area contributed by atoms with E-state index in [1.807, 2.05) is 12.1 Å². The Morgan fingerprint density at radius 3 is 1.46 bits per heavy atom. The third kappa shape index (κ3) is 4.73. The molecule has 1 aromatic heterocycles. The van der Waals surface area contributed by atoms with Crippen LogP contribution in [-0.4, -0.2) is 62.8 Å². The molecule has 9 aromatic rings. The van der Waals surface area contributed by atoms with Crippen LogP contribution in [0.15, 0.2) is 114 Å². The largest absolute Gasteiger partial charge is 0.456 e. The highest BCUT2D eigenvalue weighted by molar-refractivity contribution is 6.71. The number of fused-ring (bicyclic) bond motifs is 8. The van der Waals surface area contributed by atoms with Crippen LogP contribution in [-0.2, 0) is 5.41 Å². The van der Waals surface area contributed by atoms with Crippen LogP contribution in [0.1, 0.15) is 25.0 Å². The Morgan fingerprint density at radius 2 is 0.839 bits per heavy atom. The Morgan fingerprint density at radius 1 is 0.375 bits per heavy atom. The van der Waals surface area contributed by atoms with E-state index < -0.39 is 0 Å². The maximum atomic E-state index is 6.17. The van der Waals surface area contributed by atoms with Gasteiger partial charge in [0.25, 0.3) is 0 Å². The summed E-state index contributed by atoms with van der Waals surface area (Å²) < 4.78 is 6.17. The molecular formula is C47H40B8O. The molecule has 9 heteroatoms. The molecule has 0 radical (unpaired) electrons. The van der Waals surface area contributed by atoms with Crippen molar-refractivity contribution in [1.82, 2.24) is 0 Å². The Bertz CT molecular complexity index is 3110. The number of hydrogen-bond acceptors (Lipinski definition) is 1. The van der Waals surface area contributed by atoms with E-state index in [0.29, 0.717) is 0 Å². The molecule has 0 atom stereocenters. The molecular weight excluding hydrogens is 667 g/mol. The molecule has 0 aliphatic heterocycles. The van der Waals surface area contributed by atoms with E-state index in [1.54, 1.807) is 0 Å². The molecule has 1 aliphatic carbocycles. The first-order valence-corrected chi connectivity index (χ1v) is 20.1. The predicted octanol–water partition coefficient (Wildman–Crippen LogP) is -0.733. The molecule has 0 bridgehead atoms. The summed E-state index contributed by atoms with van der Waals surface area (Å²) in [6.07, 6.45) is 0. The fraction of sp³-hybridized carbons (Fsp3) is 0.0638. The second-order valence-electron chi connectivity index (χ2n) is 17.1. The minimum Gasteiger partial charge on any atom is -0.456 e. The molecule has 0 spiro atoms. The van der Waals surface area contributed by atoms with Crippen molar-refractivity contribution in [3.05, 3.63) is 120 Å². The minimum atomic E-state index is -0.0386. The first-order chi connectivity index (χ1) is 26.9. The average Bonchev–Trinajstić information content (AvgIpc) is 3.70. The van der Waals surface area contributed by atoms with Crippen LogP contribution in [0.5, 0.6) is 0 Å². The van der Waals surface area contributed by atoms with E-state index in [2.05, 4.69) is 174 Å². The highest BCUT2D eigenvalue weighted by Gasteiger charge is 2.35. The van der Waals surface area contributed by atoms with Crippen LogP contribution >= 0.6 is 0 Å². The number of para-hydroxylation sites is 1. The lowest BCUT2D eigenvalue weighted by molar-refractivity contribution is 0.660. The third-order valence-corrected chi connectivity index (χ3v) is 14.1. The van der Waals surface area contributed by atoms with Crippen LogP contribution in [0.4, 0.5) is 0 Å². The second-order valence-corrected chi connectivity index (χ2v) is 17.1. The van der Waals surface area contributed by atoms with Gasteiger partial charge in [-0.05, 0) is 101 Å². The summed E-state index contributed by atoms with van der Waals surface area (Å²) in [5.74, 6) is 0. The van der Waals surface area contributed by atoms with Crippen molar-refractivity contribution in [2.24, 2.45) is 0 Å². The molecule has 56 heavy (non-hydrogen) atoms. The van der Waals surface area contributed by atoms with Gasteiger partial charge in [0, 0.05) is 16.2 Å². The van der Waals surface area contributed by atoms with Gasteiger partial charge >= 0.3 is 0 Å². The van der Waals surface area contributed by atoms with E-state index in [1.165, 1.54) is 121 Å². The average molecular weight is 707 g/mol. The van der Waals surface area contributed by atoms with Crippen LogP contribution in [0.2, 0.25) is 0 Å². The van der Waals surface area contributed by atoms with E-state index in [0.717, 1.165) is 21.9 Å². The van der Waals surface area contributed by atoms with Crippen molar-refractivity contribution in [1.29, 1.82) is 0 Å². The quantitative estimate of drug-likeness (QED) is 0.175. The molecule has 0 saturated heterocycles. The normalized spacial score (nSPS) is 13.2. The fourth-order valence-corrected chi connectivity index (χ4v) is 10.3. The maximum absolute atomic E-state index is 6.17. The van der Waals surface area contributed by atoms with Crippen molar-refractivity contribution >= 4 is 150 Å². The van der Waals surface area contributed by atoms with Crippen molar-refractivity contribution in [2.45, 2.75) is 19.3 Å².